The number of hydrogen-bond acceptors (Lipinski definition) is 4. The first-order chi connectivity index (χ1) is 15.0. The highest BCUT2D eigenvalue weighted by Gasteiger charge is 2.10. The van der Waals surface area contributed by atoms with E-state index in [4.69, 9.17) is 16.3 Å². The van der Waals surface area contributed by atoms with E-state index in [0.717, 1.165) is 16.9 Å². The third-order valence-electron chi connectivity index (χ3n) is 4.55. The maximum Gasteiger partial charge on any atom is 0.269 e. The van der Waals surface area contributed by atoms with Crippen molar-refractivity contribution in [3.63, 3.8) is 0 Å². The zero-order valence-corrected chi connectivity index (χ0v) is 17.4. The van der Waals surface area contributed by atoms with Gasteiger partial charge in [-0.15, -0.1) is 0 Å². The van der Waals surface area contributed by atoms with Crippen LogP contribution in [0.5, 0.6) is 5.75 Å². The molecule has 8 heteroatoms. The smallest absolute Gasteiger partial charge is 0.269 e. The minimum absolute atomic E-state index is 0.309. The summed E-state index contributed by atoms with van der Waals surface area (Å²) in [6, 6.07) is 16.9. The van der Waals surface area contributed by atoms with Gasteiger partial charge in [0, 0.05) is 28.5 Å². The number of ether oxygens (including phenoxy) is 1. The lowest BCUT2D eigenvalue weighted by Crippen LogP contribution is -2.41. The molecular weight excluding hydrogens is 416 g/mol. The summed E-state index contributed by atoms with van der Waals surface area (Å²) in [5.74, 6) is -0.271. The molecule has 2 aromatic carbocycles. The number of imidazole rings is 1. The van der Waals surface area contributed by atoms with Gasteiger partial charge >= 0.3 is 0 Å². The summed E-state index contributed by atoms with van der Waals surface area (Å²) in [5.41, 5.74) is 8.33. The number of aryl methyl sites for hydroxylation is 1. The van der Waals surface area contributed by atoms with Crippen molar-refractivity contribution in [2.24, 2.45) is 0 Å². The normalized spacial score (nSPS) is 10.6. The van der Waals surface area contributed by atoms with Crippen LogP contribution in [0, 0.1) is 6.92 Å². The first-order valence-electron chi connectivity index (χ1n) is 9.51. The molecule has 7 nitrogen and oxygen atoms in total. The van der Waals surface area contributed by atoms with Crippen molar-refractivity contribution in [2.75, 3.05) is 0 Å². The lowest BCUT2D eigenvalue weighted by Gasteiger charge is -2.08. The Hall–Kier alpha value is -3.84. The number of carbonyl (C=O) groups is 2. The number of aromatic nitrogens is 2. The minimum atomic E-state index is -0.440. The van der Waals surface area contributed by atoms with Crippen molar-refractivity contribution in [2.45, 2.75) is 13.5 Å². The Labute approximate surface area is 183 Å². The number of rotatable bonds is 5. The van der Waals surface area contributed by atoms with Gasteiger partial charge in [-0.25, -0.2) is 4.98 Å². The number of halogens is 1. The molecule has 0 saturated carbocycles. The molecule has 4 aromatic rings. The van der Waals surface area contributed by atoms with Crippen molar-refractivity contribution in [1.82, 2.24) is 20.2 Å². The average molecular weight is 435 g/mol. The Bertz CT molecular complexity index is 1230. The SMILES string of the molecule is Cc1ccc2nc(COc3ccc(C(=O)NNC(=O)c4ccc(Cl)cc4)cc3)cn2c1. The van der Waals surface area contributed by atoms with Gasteiger partial charge < -0.3 is 9.14 Å². The first kappa shape index (κ1) is 20.4. The van der Waals surface area contributed by atoms with Gasteiger partial charge in [0.15, 0.2) is 0 Å². The molecule has 2 aromatic heterocycles. The summed E-state index contributed by atoms with van der Waals surface area (Å²) in [6.07, 6.45) is 3.93. The number of nitrogens with one attached hydrogen (secondary N) is 2. The second-order valence-corrected chi connectivity index (χ2v) is 7.37. The summed E-state index contributed by atoms with van der Waals surface area (Å²) >= 11 is 5.80. The molecule has 0 atom stereocenters. The number of pyridine rings is 1. The Kier molecular flexibility index (Phi) is 5.86. The maximum atomic E-state index is 12.3. The second-order valence-electron chi connectivity index (χ2n) is 6.93. The van der Waals surface area contributed by atoms with Crippen LogP contribution in [0.4, 0.5) is 0 Å². The quantitative estimate of drug-likeness (QED) is 0.466. The molecule has 2 amide bonds. The number of fused-ring (bicyclic) bond motifs is 1. The van der Waals surface area contributed by atoms with Crippen molar-refractivity contribution in [3.8, 4) is 5.75 Å². The maximum absolute atomic E-state index is 12.3. The molecule has 2 heterocycles. The molecule has 0 fully saturated rings. The molecule has 0 aliphatic rings. The van der Waals surface area contributed by atoms with Gasteiger partial charge in [-0.1, -0.05) is 17.7 Å². The van der Waals surface area contributed by atoms with Crippen LogP contribution in [0.25, 0.3) is 5.65 Å². The Balaban J connectivity index is 1.31. The molecule has 0 spiro atoms. The van der Waals surface area contributed by atoms with Crippen LogP contribution in [-0.4, -0.2) is 21.2 Å². The molecule has 0 radical (unpaired) electrons. The average Bonchev–Trinajstić information content (AvgIpc) is 3.18. The fourth-order valence-corrected chi connectivity index (χ4v) is 3.07. The predicted molar refractivity (Wildman–Crippen MR) is 117 cm³/mol. The molecule has 2 N–H and O–H groups in total. The van der Waals surface area contributed by atoms with Crippen molar-refractivity contribution < 1.29 is 14.3 Å². The van der Waals surface area contributed by atoms with Gasteiger partial charge in [0.25, 0.3) is 11.8 Å². The van der Waals surface area contributed by atoms with Crippen LogP contribution >= 0.6 is 11.6 Å². The van der Waals surface area contributed by atoms with Gasteiger partial charge in [0.2, 0.25) is 0 Å². The van der Waals surface area contributed by atoms with E-state index in [9.17, 15) is 9.59 Å². The third-order valence-corrected chi connectivity index (χ3v) is 4.80. The highest BCUT2D eigenvalue weighted by atomic mass is 35.5. The first-order valence-corrected chi connectivity index (χ1v) is 9.89. The predicted octanol–water partition coefficient (Wildman–Crippen LogP) is 3.95. The van der Waals surface area contributed by atoms with E-state index in [1.807, 2.05) is 35.9 Å². The van der Waals surface area contributed by atoms with Gasteiger partial charge in [0.1, 0.15) is 18.0 Å². The number of amides is 2. The van der Waals surface area contributed by atoms with Crippen LogP contribution < -0.4 is 15.6 Å². The summed E-state index contributed by atoms with van der Waals surface area (Å²) in [6.45, 7) is 2.33. The standard InChI is InChI=1S/C23H19ClN4O3/c1-15-2-11-21-25-19(13-28(21)12-15)14-31-20-9-5-17(6-10-20)23(30)27-26-22(29)16-3-7-18(24)8-4-16/h2-13H,14H2,1H3,(H,26,29)(H,27,30). The van der Waals surface area contributed by atoms with E-state index in [-0.39, 0.29) is 0 Å². The fraction of sp³-hybridized carbons (Fsp3) is 0.0870. The van der Waals surface area contributed by atoms with E-state index >= 15 is 0 Å². The van der Waals surface area contributed by atoms with Crippen LogP contribution in [0.15, 0.2) is 73.1 Å². The van der Waals surface area contributed by atoms with Crippen molar-refractivity contribution >= 4 is 29.1 Å². The molecule has 0 bridgehead atoms. The van der Waals surface area contributed by atoms with Gasteiger partial charge in [-0.3, -0.25) is 20.4 Å². The summed E-state index contributed by atoms with van der Waals surface area (Å²) < 4.78 is 7.72. The highest BCUT2D eigenvalue weighted by Crippen LogP contribution is 2.15. The molecular formula is C23H19ClN4O3. The van der Waals surface area contributed by atoms with Gasteiger partial charge in [-0.05, 0) is 67.1 Å². The Morgan fingerprint density at radius 3 is 2.16 bits per heavy atom. The van der Waals surface area contributed by atoms with Crippen LogP contribution in [0.1, 0.15) is 32.0 Å². The lowest BCUT2D eigenvalue weighted by atomic mass is 10.2. The van der Waals surface area contributed by atoms with E-state index in [1.54, 1.807) is 48.5 Å². The topological polar surface area (TPSA) is 84.7 Å². The van der Waals surface area contributed by atoms with E-state index in [0.29, 0.717) is 28.5 Å². The van der Waals surface area contributed by atoms with Crippen molar-refractivity contribution in [1.29, 1.82) is 0 Å². The summed E-state index contributed by atoms with van der Waals surface area (Å²) in [7, 11) is 0. The Morgan fingerprint density at radius 1 is 0.903 bits per heavy atom. The number of carbonyl (C=O) groups excluding carboxylic acids is 2. The van der Waals surface area contributed by atoms with E-state index in [1.165, 1.54) is 0 Å². The number of benzene rings is 2. The van der Waals surface area contributed by atoms with E-state index in [2.05, 4.69) is 15.8 Å². The van der Waals surface area contributed by atoms with Crippen LogP contribution in [0.3, 0.4) is 0 Å². The molecule has 31 heavy (non-hydrogen) atoms. The number of nitrogens with zero attached hydrogens (tertiary/aromatic N) is 2. The molecule has 0 aliphatic carbocycles. The molecule has 0 unspecified atom stereocenters. The molecule has 4 rings (SSSR count). The number of hydrazine groups is 1. The zero-order valence-electron chi connectivity index (χ0n) is 16.6. The Morgan fingerprint density at radius 2 is 1.52 bits per heavy atom. The number of hydrogen-bond donors (Lipinski definition) is 2. The highest BCUT2D eigenvalue weighted by molar-refractivity contribution is 6.30. The van der Waals surface area contributed by atoms with Crippen molar-refractivity contribution in [3.05, 3.63) is 100 Å². The fourth-order valence-electron chi connectivity index (χ4n) is 2.94. The van der Waals surface area contributed by atoms with Gasteiger partial charge in [-0.2, -0.15) is 0 Å². The van der Waals surface area contributed by atoms with Gasteiger partial charge in [0.05, 0.1) is 5.69 Å². The molecule has 156 valence electrons. The molecule has 0 saturated heterocycles. The van der Waals surface area contributed by atoms with E-state index < -0.39 is 11.8 Å². The third kappa shape index (κ3) is 5.02. The summed E-state index contributed by atoms with van der Waals surface area (Å²) in [4.78, 5) is 28.8. The summed E-state index contributed by atoms with van der Waals surface area (Å²) in [5, 5.41) is 0.527. The second kappa shape index (κ2) is 8.89. The van der Waals surface area contributed by atoms with Crippen LogP contribution in [-0.2, 0) is 6.61 Å². The largest absolute Gasteiger partial charge is 0.487 e. The monoisotopic (exact) mass is 434 g/mol. The van der Waals surface area contributed by atoms with Crippen LogP contribution in [0.2, 0.25) is 5.02 Å². The molecule has 0 aliphatic heterocycles. The lowest BCUT2D eigenvalue weighted by molar-refractivity contribution is 0.0846. The minimum Gasteiger partial charge on any atom is -0.487 e. The zero-order chi connectivity index (χ0) is 21.8.